The Kier molecular flexibility index (Phi) is 5.34. The van der Waals surface area contributed by atoms with Gasteiger partial charge in [-0.25, -0.2) is 5.43 Å². The molecule has 2 rings (SSSR count). The Labute approximate surface area is 140 Å². The number of ether oxygens (including phenoxy) is 1. The highest BCUT2D eigenvalue weighted by Gasteiger charge is 2.30. The molecule has 0 aliphatic rings. The summed E-state index contributed by atoms with van der Waals surface area (Å²) >= 11 is 5.98. The van der Waals surface area contributed by atoms with Crippen molar-refractivity contribution in [3.8, 4) is 5.75 Å². The van der Waals surface area contributed by atoms with Crippen LogP contribution in [-0.2, 0) is 4.79 Å². The van der Waals surface area contributed by atoms with Crippen molar-refractivity contribution in [3.05, 3.63) is 58.9 Å². The zero-order valence-electron chi connectivity index (χ0n) is 13.2. The van der Waals surface area contributed by atoms with Gasteiger partial charge in [0.25, 0.3) is 5.91 Å². The van der Waals surface area contributed by atoms with Crippen molar-refractivity contribution < 1.29 is 9.53 Å². The van der Waals surface area contributed by atoms with Crippen LogP contribution in [0, 0.1) is 6.92 Å². The Bertz CT molecular complexity index is 715. The van der Waals surface area contributed by atoms with Gasteiger partial charge in [0.15, 0.2) is 5.60 Å². The third-order valence-corrected chi connectivity index (χ3v) is 3.56. The highest BCUT2D eigenvalue weighted by Crippen LogP contribution is 2.24. The molecule has 0 radical (unpaired) electrons. The summed E-state index contributed by atoms with van der Waals surface area (Å²) in [6, 6.07) is 8.82. The highest BCUT2D eigenvalue weighted by molar-refractivity contribution is 6.31. The summed E-state index contributed by atoms with van der Waals surface area (Å²) in [7, 11) is 0. The van der Waals surface area contributed by atoms with Gasteiger partial charge in [0.2, 0.25) is 0 Å². The lowest BCUT2D eigenvalue weighted by molar-refractivity contribution is -0.134. The van der Waals surface area contributed by atoms with E-state index >= 15 is 0 Å². The second-order valence-electron chi connectivity index (χ2n) is 5.50. The first-order valence-corrected chi connectivity index (χ1v) is 7.45. The minimum atomic E-state index is -1.07. The monoisotopic (exact) mass is 331 g/mol. The Morgan fingerprint density at radius 3 is 2.65 bits per heavy atom. The summed E-state index contributed by atoms with van der Waals surface area (Å²) in [5.74, 6) is 0.223. The number of hydrogen-bond donors (Lipinski definition) is 1. The smallest absolute Gasteiger partial charge is 0.283 e. The van der Waals surface area contributed by atoms with Crippen LogP contribution in [-0.4, -0.2) is 22.7 Å². The Balaban J connectivity index is 1.99. The van der Waals surface area contributed by atoms with Crippen LogP contribution < -0.4 is 10.2 Å². The van der Waals surface area contributed by atoms with Gasteiger partial charge in [-0.3, -0.25) is 9.78 Å². The molecular formula is C17H18ClN3O2. The number of rotatable bonds is 5. The van der Waals surface area contributed by atoms with Gasteiger partial charge >= 0.3 is 0 Å². The summed E-state index contributed by atoms with van der Waals surface area (Å²) in [6.45, 7) is 5.23. The Morgan fingerprint density at radius 1 is 1.30 bits per heavy atom. The molecule has 1 N–H and O–H groups in total. The fraction of sp³-hybridized carbons (Fsp3) is 0.235. The number of hydrazone groups is 1. The first kappa shape index (κ1) is 17.0. The summed E-state index contributed by atoms with van der Waals surface area (Å²) in [4.78, 5) is 16.1. The van der Waals surface area contributed by atoms with E-state index in [0.29, 0.717) is 10.8 Å². The molecule has 1 amide bonds. The zero-order chi connectivity index (χ0) is 16.9. The molecule has 6 heteroatoms. The first-order chi connectivity index (χ1) is 10.9. The average Bonchev–Trinajstić information content (AvgIpc) is 2.51. The molecule has 0 aliphatic carbocycles. The van der Waals surface area contributed by atoms with E-state index in [4.69, 9.17) is 16.3 Å². The molecule has 0 bridgehead atoms. The van der Waals surface area contributed by atoms with Crippen molar-refractivity contribution in [3.63, 3.8) is 0 Å². The molecule has 0 saturated carbocycles. The van der Waals surface area contributed by atoms with E-state index in [9.17, 15) is 4.79 Å². The van der Waals surface area contributed by atoms with Gasteiger partial charge in [-0.2, -0.15) is 5.10 Å². The van der Waals surface area contributed by atoms with E-state index in [1.54, 1.807) is 62.8 Å². The molecule has 0 atom stereocenters. The number of halogens is 1. The van der Waals surface area contributed by atoms with Gasteiger partial charge < -0.3 is 4.74 Å². The van der Waals surface area contributed by atoms with Crippen LogP contribution in [0.2, 0.25) is 5.02 Å². The van der Waals surface area contributed by atoms with E-state index in [0.717, 1.165) is 11.1 Å². The van der Waals surface area contributed by atoms with E-state index in [1.807, 2.05) is 6.92 Å². The molecule has 1 aromatic carbocycles. The van der Waals surface area contributed by atoms with Crippen molar-refractivity contribution in [1.82, 2.24) is 10.4 Å². The third-order valence-electron chi connectivity index (χ3n) is 3.14. The Hall–Kier alpha value is -2.40. The van der Waals surface area contributed by atoms with E-state index in [2.05, 4.69) is 15.5 Å². The second-order valence-corrected chi connectivity index (χ2v) is 5.91. The molecule has 0 fully saturated rings. The molecule has 5 nitrogen and oxygen atoms in total. The molecule has 120 valence electrons. The summed E-state index contributed by atoms with van der Waals surface area (Å²) in [5, 5.41) is 4.58. The number of carbonyl (C=O) groups excluding carboxylic acids is 1. The molecule has 0 saturated heterocycles. The minimum Gasteiger partial charge on any atom is -0.478 e. The fourth-order valence-corrected chi connectivity index (χ4v) is 1.89. The van der Waals surface area contributed by atoms with Gasteiger partial charge in [0.1, 0.15) is 5.75 Å². The topological polar surface area (TPSA) is 63.6 Å². The van der Waals surface area contributed by atoms with Gasteiger partial charge in [0, 0.05) is 17.4 Å². The SMILES string of the molecule is Cc1cc(OC(C)(C)C(=O)N/N=C\c2ccncc2)ccc1Cl. The molecule has 2 aromatic rings. The van der Waals surface area contributed by atoms with Crippen molar-refractivity contribution >= 4 is 23.7 Å². The number of pyridine rings is 1. The lowest BCUT2D eigenvalue weighted by Gasteiger charge is -2.24. The lowest BCUT2D eigenvalue weighted by atomic mass is 10.1. The second kappa shape index (κ2) is 7.24. The van der Waals surface area contributed by atoms with Crippen LogP contribution in [0.25, 0.3) is 0 Å². The first-order valence-electron chi connectivity index (χ1n) is 7.07. The number of hydrogen-bond acceptors (Lipinski definition) is 4. The third kappa shape index (κ3) is 4.79. The molecule has 1 heterocycles. The Morgan fingerprint density at radius 2 is 2.00 bits per heavy atom. The largest absolute Gasteiger partial charge is 0.478 e. The van der Waals surface area contributed by atoms with E-state index in [-0.39, 0.29) is 5.91 Å². The summed E-state index contributed by atoms with van der Waals surface area (Å²) in [5.41, 5.74) is 3.13. The van der Waals surface area contributed by atoms with Crippen molar-refractivity contribution in [2.24, 2.45) is 5.10 Å². The number of aryl methyl sites for hydroxylation is 1. The molecule has 1 aromatic heterocycles. The normalized spacial score (nSPS) is 11.5. The van der Waals surface area contributed by atoms with Crippen LogP contribution in [0.1, 0.15) is 25.0 Å². The number of nitrogens with one attached hydrogen (secondary N) is 1. The molecule has 0 aliphatic heterocycles. The van der Waals surface area contributed by atoms with E-state index in [1.165, 1.54) is 0 Å². The molecule has 23 heavy (non-hydrogen) atoms. The lowest BCUT2D eigenvalue weighted by Crippen LogP contribution is -2.44. The van der Waals surface area contributed by atoms with Crippen LogP contribution in [0.15, 0.2) is 47.8 Å². The van der Waals surface area contributed by atoms with E-state index < -0.39 is 5.60 Å². The molecular weight excluding hydrogens is 314 g/mol. The van der Waals surface area contributed by atoms with Crippen molar-refractivity contribution in [2.45, 2.75) is 26.4 Å². The molecule has 0 spiro atoms. The van der Waals surface area contributed by atoms with Gasteiger partial charge in [-0.15, -0.1) is 0 Å². The predicted octanol–water partition coefficient (Wildman–Crippen LogP) is 3.35. The van der Waals surface area contributed by atoms with Gasteiger partial charge in [-0.1, -0.05) is 11.6 Å². The summed E-state index contributed by atoms with van der Waals surface area (Å²) < 4.78 is 5.75. The summed E-state index contributed by atoms with van der Waals surface area (Å²) in [6.07, 6.45) is 4.85. The zero-order valence-corrected chi connectivity index (χ0v) is 14.0. The highest BCUT2D eigenvalue weighted by atomic mass is 35.5. The average molecular weight is 332 g/mol. The van der Waals surface area contributed by atoms with Crippen molar-refractivity contribution in [1.29, 1.82) is 0 Å². The van der Waals surface area contributed by atoms with Gasteiger partial charge in [-0.05, 0) is 62.2 Å². The fourth-order valence-electron chi connectivity index (χ4n) is 1.77. The number of nitrogens with zero attached hydrogens (tertiary/aromatic N) is 2. The maximum Gasteiger partial charge on any atom is 0.283 e. The standard InChI is InChI=1S/C17H18ClN3O2/c1-12-10-14(4-5-15(12)18)23-17(2,3)16(22)21-20-11-13-6-8-19-9-7-13/h4-11H,1-3H3,(H,21,22)/b20-11-. The maximum absolute atomic E-state index is 12.2. The van der Waals surface area contributed by atoms with Crippen LogP contribution >= 0.6 is 11.6 Å². The van der Waals surface area contributed by atoms with Crippen molar-refractivity contribution in [2.75, 3.05) is 0 Å². The minimum absolute atomic E-state index is 0.351. The number of benzene rings is 1. The number of amides is 1. The molecule has 0 unspecified atom stereocenters. The van der Waals surface area contributed by atoms with Crippen LogP contribution in [0.3, 0.4) is 0 Å². The quantitative estimate of drug-likeness (QED) is 0.675. The predicted molar refractivity (Wildman–Crippen MR) is 90.9 cm³/mol. The number of aromatic nitrogens is 1. The van der Waals surface area contributed by atoms with Crippen LogP contribution in [0.5, 0.6) is 5.75 Å². The maximum atomic E-state index is 12.2. The number of carbonyl (C=O) groups is 1. The van der Waals surface area contributed by atoms with Gasteiger partial charge in [0.05, 0.1) is 6.21 Å². The van der Waals surface area contributed by atoms with Crippen LogP contribution in [0.4, 0.5) is 0 Å².